The molecule has 0 rings (SSSR count). The normalized spacial score (nSPS) is 11.3. The molecule has 0 aromatic heterocycles. The maximum Gasteiger partial charge on any atom is 0.311 e. The molecule has 0 amide bonds. The van der Waals surface area contributed by atoms with Crippen molar-refractivity contribution < 1.29 is 9.53 Å². The van der Waals surface area contributed by atoms with Crippen molar-refractivity contribution in [1.82, 2.24) is 0 Å². The minimum Gasteiger partial charge on any atom is -0.465 e. The molecule has 0 spiro atoms. The second-order valence-electron chi connectivity index (χ2n) is 3.73. The van der Waals surface area contributed by atoms with Gasteiger partial charge in [-0.2, -0.15) is 0 Å². The number of carbonyl (C=O) groups is 1. The van der Waals surface area contributed by atoms with Crippen LogP contribution >= 0.6 is 0 Å². The highest BCUT2D eigenvalue weighted by Crippen LogP contribution is 2.21. The number of unbranched alkanes of at least 4 members (excludes halogenated alkanes) is 1. The molecular formula is C10H20O2. The lowest BCUT2D eigenvalue weighted by molar-refractivity contribution is -0.154. The molecule has 0 heterocycles. The Hall–Kier alpha value is -0.530. The summed E-state index contributed by atoms with van der Waals surface area (Å²) >= 11 is 0. The molecular weight excluding hydrogens is 152 g/mol. The predicted molar refractivity (Wildman–Crippen MR) is 49.9 cm³/mol. The van der Waals surface area contributed by atoms with Crippen LogP contribution in [0.4, 0.5) is 0 Å². The Morgan fingerprint density at radius 2 is 1.92 bits per heavy atom. The van der Waals surface area contributed by atoms with Gasteiger partial charge < -0.3 is 4.74 Å². The third-order valence-corrected chi connectivity index (χ3v) is 2.17. The van der Waals surface area contributed by atoms with E-state index in [0.717, 1.165) is 19.3 Å². The maximum absolute atomic E-state index is 11.3. The number of esters is 1. The van der Waals surface area contributed by atoms with Crippen molar-refractivity contribution in [2.45, 2.75) is 47.0 Å². The SMILES string of the molecule is CCCCOC(=O)C(C)(C)CC. The Kier molecular flexibility index (Phi) is 4.95. The monoisotopic (exact) mass is 172 g/mol. The molecule has 0 saturated carbocycles. The van der Waals surface area contributed by atoms with Crippen LogP contribution in [0.25, 0.3) is 0 Å². The minimum atomic E-state index is -0.312. The van der Waals surface area contributed by atoms with Crippen LogP contribution < -0.4 is 0 Å². The van der Waals surface area contributed by atoms with Gasteiger partial charge in [0.2, 0.25) is 0 Å². The van der Waals surface area contributed by atoms with Gasteiger partial charge in [-0.3, -0.25) is 4.79 Å². The lowest BCUT2D eigenvalue weighted by atomic mass is 9.91. The van der Waals surface area contributed by atoms with Gasteiger partial charge in [0.05, 0.1) is 12.0 Å². The van der Waals surface area contributed by atoms with Crippen molar-refractivity contribution in [1.29, 1.82) is 0 Å². The fraction of sp³-hybridized carbons (Fsp3) is 0.900. The first-order valence-electron chi connectivity index (χ1n) is 4.71. The molecule has 0 aliphatic rings. The van der Waals surface area contributed by atoms with Gasteiger partial charge in [0.25, 0.3) is 0 Å². The van der Waals surface area contributed by atoms with Crippen molar-refractivity contribution in [2.75, 3.05) is 6.61 Å². The first kappa shape index (κ1) is 11.5. The van der Waals surface area contributed by atoms with Crippen LogP contribution in [-0.4, -0.2) is 12.6 Å². The average molecular weight is 172 g/mol. The minimum absolute atomic E-state index is 0.0709. The summed E-state index contributed by atoms with van der Waals surface area (Å²) in [6.45, 7) is 8.49. The molecule has 0 aromatic rings. The van der Waals surface area contributed by atoms with Crippen LogP contribution in [0.2, 0.25) is 0 Å². The van der Waals surface area contributed by atoms with Crippen molar-refractivity contribution >= 4 is 5.97 Å². The summed E-state index contributed by atoms with van der Waals surface area (Å²) in [6.07, 6.45) is 2.86. The molecule has 0 fully saturated rings. The fourth-order valence-corrected chi connectivity index (χ4v) is 0.649. The van der Waals surface area contributed by atoms with Crippen LogP contribution in [0.15, 0.2) is 0 Å². The van der Waals surface area contributed by atoms with Gasteiger partial charge in [-0.05, 0) is 26.7 Å². The van der Waals surface area contributed by atoms with Crippen LogP contribution in [-0.2, 0) is 9.53 Å². The van der Waals surface area contributed by atoms with Crippen molar-refractivity contribution in [3.8, 4) is 0 Å². The predicted octanol–water partition coefficient (Wildman–Crippen LogP) is 2.77. The number of ether oxygens (including phenoxy) is 1. The summed E-state index contributed by atoms with van der Waals surface area (Å²) in [6, 6.07) is 0. The van der Waals surface area contributed by atoms with Crippen LogP contribution in [0, 0.1) is 5.41 Å². The molecule has 72 valence electrons. The molecule has 0 atom stereocenters. The van der Waals surface area contributed by atoms with E-state index in [0.29, 0.717) is 6.61 Å². The van der Waals surface area contributed by atoms with E-state index in [-0.39, 0.29) is 11.4 Å². The summed E-state index contributed by atoms with van der Waals surface area (Å²) in [4.78, 5) is 11.3. The maximum atomic E-state index is 11.3. The molecule has 2 nitrogen and oxygen atoms in total. The van der Waals surface area contributed by atoms with E-state index in [4.69, 9.17) is 4.74 Å². The van der Waals surface area contributed by atoms with Gasteiger partial charge in [0, 0.05) is 0 Å². The molecule has 0 bridgehead atoms. The van der Waals surface area contributed by atoms with E-state index in [2.05, 4.69) is 6.92 Å². The molecule has 12 heavy (non-hydrogen) atoms. The molecule has 2 heteroatoms. The number of hydrogen-bond donors (Lipinski definition) is 0. The highest BCUT2D eigenvalue weighted by molar-refractivity contribution is 5.75. The first-order valence-corrected chi connectivity index (χ1v) is 4.71. The summed E-state index contributed by atoms with van der Waals surface area (Å²) in [7, 11) is 0. The standard InChI is InChI=1S/C10H20O2/c1-5-7-8-12-9(11)10(3,4)6-2/h5-8H2,1-4H3. The van der Waals surface area contributed by atoms with Crippen LogP contribution in [0.5, 0.6) is 0 Å². The van der Waals surface area contributed by atoms with Crippen LogP contribution in [0.3, 0.4) is 0 Å². The Labute approximate surface area is 75.3 Å². The molecule has 0 aromatic carbocycles. The summed E-state index contributed by atoms with van der Waals surface area (Å²) in [5, 5.41) is 0. The molecule has 0 saturated heterocycles. The van der Waals surface area contributed by atoms with E-state index in [9.17, 15) is 4.79 Å². The lowest BCUT2D eigenvalue weighted by Gasteiger charge is -2.19. The smallest absolute Gasteiger partial charge is 0.311 e. The van der Waals surface area contributed by atoms with Gasteiger partial charge in [-0.1, -0.05) is 20.3 Å². The second kappa shape index (κ2) is 5.18. The molecule has 0 aliphatic carbocycles. The summed E-state index contributed by atoms with van der Waals surface area (Å²) < 4.78 is 5.10. The average Bonchev–Trinajstić information content (AvgIpc) is 2.05. The largest absolute Gasteiger partial charge is 0.465 e. The highest BCUT2D eigenvalue weighted by atomic mass is 16.5. The Balaban J connectivity index is 3.72. The van der Waals surface area contributed by atoms with Gasteiger partial charge in [-0.15, -0.1) is 0 Å². The van der Waals surface area contributed by atoms with E-state index in [1.807, 2.05) is 20.8 Å². The number of hydrogen-bond acceptors (Lipinski definition) is 2. The van der Waals surface area contributed by atoms with Crippen molar-refractivity contribution in [3.05, 3.63) is 0 Å². The fourth-order valence-electron chi connectivity index (χ4n) is 0.649. The zero-order valence-corrected chi connectivity index (χ0v) is 8.64. The molecule has 0 radical (unpaired) electrons. The molecule has 0 aliphatic heterocycles. The van der Waals surface area contributed by atoms with E-state index in [1.54, 1.807) is 0 Å². The topological polar surface area (TPSA) is 26.3 Å². The van der Waals surface area contributed by atoms with E-state index in [1.165, 1.54) is 0 Å². The third-order valence-electron chi connectivity index (χ3n) is 2.17. The van der Waals surface area contributed by atoms with E-state index >= 15 is 0 Å². The summed E-state index contributed by atoms with van der Waals surface area (Å²) in [5.41, 5.74) is -0.312. The van der Waals surface area contributed by atoms with Gasteiger partial charge in [0.15, 0.2) is 0 Å². The lowest BCUT2D eigenvalue weighted by Crippen LogP contribution is -2.26. The van der Waals surface area contributed by atoms with Gasteiger partial charge in [0.1, 0.15) is 0 Å². The number of carbonyl (C=O) groups excluding carboxylic acids is 1. The molecule has 0 unspecified atom stereocenters. The second-order valence-corrected chi connectivity index (χ2v) is 3.73. The van der Waals surface area contributed by atoms with Crippen molar-refractivity contribution in [2.24, 2.45) is 5.41 Å². The third kappa shape index (κ3) is 3.74. The first-order chi connectivity index (χ1) is 5.54. The number of rotatable bonds is 5. The zero-order valence-electron chi connectivity index (χ0n) is 8.64. The quantitative estimate of drug-likeness (QED) is 0.471. The Morgan fingerprint density at radius 3 is 2.33 bits per heavy atom. The van der Waals surface area contributed by atoms with Crippen LogP contribution in [0.1, 0.15) is 47.0 Å². The van der Waals surface area contributed by atoms with Gasteiger partial charge >= 0.3 is 5.97 Å². The van der Waals surface area contributed by atoms with Crippen molar-refractivity contribution in [3.63, 3.8) is 0 Å². The molecule has 0 N–H and O–H groups in total. The Bertz CT molecular complexity index is 139. The Morgan fingerprint density at radius 1 is 1.33 bits per heavy atom. The van der Waals surface area contributed by atoms with E-state index < -0.39 is 0 Å². The zero-order chi connectivity index (χ0) is 9.61. The highest BCUT2D eigenvalue weighted by Gasteiger charge is 2.26. The van der Waals surface area contributed by atoms with Gasteiger partial charge in [-0.25, -0.2) is 0 Å². The summed E-state index contributed by atoms with van der Waals surface area (Å²) in [5.74, 6) is -0.0709.